The molecule has 0 radical (unpaired) electrons. The SMILES string of the molecule is Cc1cccc(C(=O)Nc2cc(C(N)=O)ccc2Cl)c1F. The van der Waals surface area contributed by atoms with Gasteiger partial charge >= 0.3 is 0 Å². The first-order valence-electron chi connectivity index (χ1n) is 6.06. The van der Waals surface area contributed by atoms with Crippen molar-refractivity contribution in [2.24, 2.45) is 5.73 Å². The Hall–Kier alpha value is -2.40. The van der Waals surface area contributed by atoms with Gasteiger partial charge in [-0.2, -0.15) is 0 Å². The minimum absolute atomic E-state index is 0.101. The van der Waals surface area contributed by atoms with Crippen LogP contribution in [0.3, 0.4) is 0 Å². The van der Waals surface area contributed by atoms with Crippen LogP contribution < -0.4 is 11.1 Å². The molecule has 0 heterocycles. The zero-order chi connectivity index (χ0) is 15.6. The standard InChI is InChI=1S/C15H12ClFN2O2/c1-8-3-2-4-10(13(8)17)15(21)19-12-7-9(14(18)20)5-6-11(12)16/h2-7H,1H3,(H2,18,20)(H,19,21). The number of anilines is 1. The molecule has 2 aromatic rings. The Morgan fingerprint density at radius 1 is 1.24 bits per heavy atom. The van der Waals surface area contributed by atoms with Crippen LogP contribution in [-0.4, -0.2) is 11.8 Å². The summed E-state index contributed by atoms with van der Waals surface area (Å²) in [6.45, 7) is 1.56. The third kappa shape index (κ3) is 3.20. The largest absolute Gasteiger partial charge is 0.366 e. The van der Waals surface area contributed by atoms with E-state index in [1.165, 1.54) is 24.3 Å². The number of primary amides is 1. The number of aryl methyl sites for hydroxylation is 1. The van der Waals surface area contributed by atoms with Gasteiger partial charge in [0.2, 0.25) is 5.91 Å². The van der Waals surface area contributed by atoms with Gasteiger partial charge in [0.1, 0.15) is 5.82 Å². The number of hydrogen-bond donors (Lipinski definition) is 2. The Morgan fingerprint density at radius 2 is 1.95 bits per heavy atom. The van der Waals surface area contributed by atoms with E-state index in [0.29, 0.717) is 5.56 Å². The van der Waals surface area contributed by atoms with Crippen LogP contribution in [0.5, 0.6) is 0 Å². The van der Waals surface area contributed by atoms with E-state index in [-0.39, 0.29) is 21.8 Å². The van der Waals surface area contributed by atoms with Gasteiger partial charge in [0.05, 0.1) is 16.3 Å². The average Bonchev–Trinajstić information content (AvgIpc) is 2.43. The van der Waals surface area contributed by atoms with Crippen LogP contribution in [0.25, 0.3) is 0 Å². The number of hydrogen-bond acceptors (Lipinski definition) is 2. The third-order valence-corrected chi connectivity index (χ3v) is 3.27. The zero-order valence-corrected chi connectivity index (χ0v) is 11.9. The molecule has 0 saturated carbocycles. The van der Waals surface area contributed by atoms with Gasteiger partial charge in [-0.15, -0.1) is 0 Å². The first kappa shape index (κ1) is 15.0. The van der Waals surface area contributed by atoms with E-state index >= 15 is 0 Å². The molecule has 0 aliphatic rings. The minimum Gasteiger partial charge on any atom is -0.366 e. The molecule has 0 aromatic heterocycles. The summed E-state index contributed by atoms with van der Waals surface area (Å²) in [7, 11) is 0. The smallest absolute Gasteiger partial charge is 0.258 e. The number of nitrogens with two attached hydrogens (primary N) is 1. The zero-order valence-electron chi connectivity index (χ0n) is 11.1. The second kappa shape index (κ2) is 5.93. The number of carbonyl (C=O) groups excluding carboxylic acids is 2. The number of benzene rings is 2. The summed E-state index contributed by atoms with van der Waals surface area (Å²) in [5.41, 5.74) is 5.81. The predicted molar refractivity (Wildman–Crippen MR) is 79.1 cm³/mol. The van der Waals surface area contributed by atoms with Crippen molar-refractivity contribution in [1.29, 1.82) is 0 Å². The van der Waals surface area contributed by atoms with Gasteiger partial charge < -0.3 is 11.1 Å². The summed E-state index contributed by atoms with van der Waals surface area (Å²) < 4.78 is 13.9. The molecule has 4 nitrogen and oxygen atoms in total. The van der Waals surface area contributed by atoms with Crippen LogP contribution >= 0.6 is 11.6 Å². The van der Waals surface area contributed by atoms with Gasteiger partial charge in [0, 0.05) is 5.56 Å². The summed E-state index contributed by atoms with van der Waals surface area (Å²) in [6, 6.07) is 8.72. The molecular formula is C15H12ClFN2O2. The fourth-order valence-corrected chi connectivity index (χ4v) is 1.95. The molecule has 0 unspecified atom stereocenters. The summed E-state index contributed by atoms with van der Waals surface area (Å²) in [5, 5.41) is 2.69. The second-order valence-electron chi connectivity index (χ2n) is 4.45. The molecular weight excluding hydrogens is 295 g/mol. The monoisotopic (exact) mass is 306 g/mol. The Kier molecular flexibility index (Phi) is 4.23. The van der Waals surface area contributed by atoms with Crippen molar-refractivity contribution >= 4 is 29.1 Å². The van der Waals surface area contributed by atoms with Crippen molar-refractivity contribution in [2.45, 2.75) is 6.92 Å². The van der Waals surface area contributed by atoms with E-state index in [2.05, 4.69) is 5.32 Å². The summed E-state index contributed by atoms with van der Waals surface area (Å²) in [4.78, 5) is 23.2. The third-order valence-electron chi connectivity index (χ3n) is 2.94. The lowest BCUT2D eigenvalue weighted by Gasteiger charge is -2.10. The molecule has 2 aromatic carbocycles. The van der Waals surface area contributed by atoms with Crippen LogP contribution in [0.1, 0.15) is 26.3 Å². The van der Waals surface area contributed by atoms with E-state index < -0.39 is 17.6 Å². The molecule has 0 spiro atoms. The molecule has 3 N–H and O–H groups in total. The highest BCUT2D eigenvalue weighted by molar-refractivity contribution is 6.34. The lowest BCUT2D eigenvalue weighted by Crippen LogP contribution is -2.16. The average molecular weight is 307 g/mol. The molecule has 0 saturated heterocycles. The first-order chi connectivity index (χ1) is 9.90. The van der Waals surface area contributed by atoms with E-state index in [4.69, 9.17) is 17.3 Å². The second-order valence-corrected chi connectivity index (χ2v) is 4.86. The Labute approximate surface area is 125 Å². The van der Waals surface area contributed by atoms with Gasteiger partial charge in [-0.05, 0) is 36.8 Å². The van der Waals surface area contributed by atoms with Gasteiger partial charge in [-0.25, -0.2) is 4.39 Å². The van der Waals surface area contributed by atoms with Crippen molar-refractivity contribution in [1.82, 2.24) is 0 Å². The van der Waals surface area contributed by atoms with Crippen molar-refractivity contribution < 1.29 is 14.0 Å². The number of nitrogens with one attached hydrogen (secondary N) is 1. The fourth-order valence-electron chi connectivity index (χ4n) is 1.79. The van der Waals surface area contributed by atoms with Gasteiger partial charge in [0.25, 0.3) is 5.91 Å². The number of rotatable bonds is 3. The Balaban J connectivity index is 2.33. The summed E-state index contributed by atoms with van der Waals surface area (Å²) in [6.07, 6.45) is 0. The first-order valence-corrected chi connectivity index (χ1v) is 6.43. The summed E-state index contributed by atoms with van der Waals surface area (Å²) >= 11 is 5.94. The predicted octanol–water partition coefficient (Wildman–Crippen LogP) is 3.14. The van der Waals surface area contributed by atoms with E-state index in [1.54, 1.807) is 19.1 Å². The highest BCUT2D eigenvalue weighted by atomic mass is 35.5. The maximum absolute atomic E-state index is 13.9. The van der Waals surface area contributed by atoms with Crippen LogP contribution in [0, 0.1) is 12.7 Å². The van der Waals surface area contributed by atoms with Crippen LogP contribution in [0.4, 0.5) is 10.1 Å². The lowest BCUT2D eigenvalue weighted by atomic mass is 10.1. The molecule has 2 rings (SSSR count). The maximum Gasteiger partial charge on any atom is 0.258 e. The van der Waals surface area contributed by atoms with E-state index in [1.807, 2.05) is 0 Å². The molecule has 21 heavy (non-hydrogen) atoms. The lowest BCUT2D eigenvalue weighted by molar-refractivity contribution is 0.0995. The van der Waals surface area contributed by atoms with Crippen LogP contribution in [0.15, 0.2) is 36.4 Å². The number of halogens is 2. The normalized spacial score (nSPS) is 10.2. The Bertz CT molecular complexity index is 732. The molecule has 6 heteroatoms. The Morgan fingerprint density at radius 3 is 2.62 bits per heavy atom. The minimum atomic E-state index is -0.653. The van der Waals surface area contributed by atoms with Crippen molar-refractivity contribution in [3.63, 3.8) is 0 Å². The molecule has 2 amide bonds. The molecule has 0 atom stereocenters. The van der Waals surface area contributed by atoms with Crippen molar-refractivity contribution in [2.75, 3.05) is 5.32 Å². The van der Waals surface area contributed by atoms with E-state index in [9.17, 15) is 14.0 Å². The van der Waals surface area contributed by atoms with Gasteiger partial charge in [0.15, 0.2) is 0 Å². The summed E-state index contributed by atoms with van der Waals surface area (Å²) in [5.74, 6) is -1.90. The maximum atomic E-state index is 13.9. The van der Waals surface area contributed by atoms with Crippen LogP contribution in [-0.2, 0) is 0 Å². The van der Waals surface area contributed by atoms with Gasteiger partial charge in [-0.1, -0.05) is 23.7 Å². The number of amides is 2. The fraction of sp³-hybridized carbons (Fsp3) is 0.0667. The molecule has 0 aliphatic carbocycles. The molecule has 0 fully saturated rings. The molecule has 0 aliphatic heterocycles. The van der Waals surface area contributed by atoms with Crippen molar-refractivity contribution in [3.8, 4) is 0 Å². The van der Waals surface area contributed by atoms with Crippen molar-refractivity contribution in [3.05, 3.63) is 63.9 Å². The molecule has 108 valence electrons. The number of carbonyl (C=O) groups is 2. The topological polar surface area (TPSA) is 72.2 Å². The highest BCUT2D eigenvalue weighted by Crippen LogP contribution is 2.24. The molecule has 0 bridgehead atoms. The van der Waals surface area contributed by atoms with Crippen LogP contribution in [0.2, 0.25) is 5.02 Å². The van der Waals surface area contributed by atoms with Gasteiger partial charge in [-0.3, -0.25) is 9.59 Å². The van der Waals surface area contributed by atoms with E-state index in [0.717, 1.165) is 0 Å². The highest BCUT2D eigenvalue weighted by Gasteiger charge is 2.15. The quantitative estimate of drug-likeness (QED) is 0.914.